The van der Waals surface area contributed by atoms with Crippen LogP contribution in [0, 0.1) is 5.82 Å². The molecule has 1 rings (SSSR count). The largest absolute Gasteiger partial charge is 0.234 e. The lowest BCUT2D eigenvalue weighted by atomic mass is 9.93. The van der Waals surface area contributed by atoms with Crippen LogP contribution in [-0.2, 0) is 0 Å². The van der Waals surface area contributed by atoms with Gasteiger partial charge < -0.3 is 0 Å². The van der Waals surface area contributed by atoms with Gasteiger partial charge in [-0.25, -0.2) is 9.23 Å². The molecule has 0 saturated heterocycles. The molecule has 0 aliphatic heterocycles. The number of hydrogen-bond donors (Lipinski definition) is 1. The van der Waals surface area contributed by atoms with Gasteiger partial charge in [0.25, 0.3) is 0 Å². The van der Waals surface area contributed by atoms with Crippen molar-refractivity contribution in [2.24, 2.45) is 0 Å². The molecule has 1 aromatic rings. The standard InChI is InChI=1S/C11H15ClFN/c1-2-9(6-7-14-12)10-4-3-5-11(13)8-10/h3-5,8-9,14H,2,6-7H2,1H3. The Labute approximate surface area is 89.4 Å². The first kappa shape index (κ1) is 11.5. The van der Waals surface area contributed by atoms with Crippen molar-refractivity contribution in [1.29, 1.82) is 0 Å². The molecule has 1 unspecified atom stereocenters. The van der Waals surface area contributed by atoms with Gasteiger partial charge in [0.05, 0.1) is 0 Å². The van der Waals surface area contributed by atoms with Crippen molar-refractivity contribution in [1.82, 2.24) is 4.84 Å². The second-order valence-electron chi connectivity index (χ2n) is 3.33. The molecular formula is C11H15ClFN. The summed E-state index contributed by atoms with van der Waals surface area (Å²) in [6.07, 6.45) is 1.94. The van der Waals surface area contributed by atoms with Gasteiger partial charge in [-0.05, 0) is 48.2 Å². The summed E-state index contributed by atoms with van der Waals surface area (Å²) in [6.45, 7) is 2.85. The van der Waals surface area contributed by atoms with Gasteiger partial charge in [0.2, 0.25) is 0 Å². The van der Waals surface area contributed by atoms with Gasteiger partial charge in [-0.1, -0.05) is 19.1 Å². The Bertz CT molecular complexity index is 278. The third-order valence-corrected chi connectivity index (χ3v) is 2.59. The summed E-state index contributed by atoms with van der Waals surface area (Å²) < 4.78 is 12.9. The summed E-state index contributed by atoms with van der Waals surface area (Å²) in [7, 11) is 0. The van der Waals surface area contributed by atoms with Crippen molar-refractivity contribution < 1.29 is 4.39 Å². The predicted octanol–water partition coefficient (Wildman–Crippen LogP) is 3.45. The van der Waals surface area contributed by atoms with Gasteiger partial charge in [0.1, 0.15) is 5.82 Å². The topological polar surface area (TPSA) is 12.0 Å². The minimum Gasteiger partial charge on any atom is -0.234 e. The maximum Gasteiger partial charge on any atom is 0.123 e. The maximum atomic E-state index is 12.9. The summed E-state index contributed by atoms with van der Waals surface area (Å²) >= 11 is 5.40. The van der Waals surface area contributed by atoms with Crippen LogP contribution >= 0.6 is 11.8 Å². The van der Waals surface area contributed by atoms with Crippen LogP contribution in [0.25, 0.3) is 0 Å². The fourth-order valence-corrected chi connectivity index (χ4v) is 1.70. The van der Waals surface area contributed by atoms with Crippen LogP contribution in [-0.4, -0.2) is 6.54 Å². The molecule has 3 heteroatoms. The quantitative estimate of drug-likeness (QED) is 0.742. The SMILES string of the molecule is CCC(CCNCl)c1cccc(F)c1. The van der Waals surface area contributed by atoms with E-state index in [1.165, 1.54) is 6.07 Å². The normalized spacial score (nSPS) is 12.8. The third kappa shape index (κ3) is 3.28. The molecule has 0 aliphatic rings. The van der Waals surface area contributed by atoms with E-state index in [1.807, 2.05) is 6.07 Å². The molecule has 0 amide bonds. The zero-order valence-corrected chi connectivity index (χ0v) is 9.02. The van der Waals surface area contributed by atoms with Crippen molar-refractivity contribution in [3.63, 3.8) is 0 Å². The highest BCUT2D eigenvalue weighted by Crippen LogP contribution is 2.23. The highest BCUT2D eigenvalue weighted by Gasteiger charge is 2.09. The van der Waals surface area contributed by atoms with E-state index in [4.69, 9.17) is 11.8 Å². The van der Waals surface area contributed by atoms with Gasteiger partial charge >= 0.3 is 0 Å². The molecule has 1 N–H and O–H groups in total. The van der Waals surface area contributed by atoms with Crippen LogP contribution in [0.2, 0.25) is 0 Å². The first-order valence-corrected chi connectivity index (χ1v) is 5.24. The van der Waals surface area contributed by atoms with E-state index in [9.17, 15) is 4.39 Å². The molecular weight excluding hydrogens is 201 g/mol. The summed E-state index contributed by atoms with van der Waals surface area (Å²) in [5, 5.41) is 0. The number of hydrogen-bond acceptors (Lipinski definition) is 1. The molecule has 1 aromatic carbocycles. The van der Waals surface area contributed by atoms with Crippen molar-refractivity contribution in [2.45, 2.75) is 25.7 Å². The number of halogens is 2. The summed E-state index contributed by atoms with van der Waals surface area (Å²) in [5.74, 6) is 0.219. The number of benzene rings is 1. The Morgan fingerprint density at radius 3 is 2.86 bits per heavy atom. The molecule has 1 nitrogen and oxygen atoms in total. The van der Waals surface area contributed by atoms with E-state index in [1.54, 1.807) is 12.1 Å². The highest BCUT2D eigenvalue weighted by molar-refractivity contribution is 6.13. The Kier molecular flexibility index (Phi) is 4.91. The lowest BCUT2D eigenvalue weighted by Crippen LogP contribution is -2.07. The average molecular weight is 216 g/mol. The van der Waals surface area contributed by atoms with Crippen LogP contribution in [0.15, 0.2) is 24.3 Å². The highest BCUT2D eigenvalue weighted by atomic mass is 35.5. The molecule has 0 heterocycles. The Balaban J connectivity index is 2.68. The van der Waals surface area contributed by atoms with Crippen LogP contribution in [0.5, 0.6) is 0 Å². The second kappa shape index (κ2) is 5.99. The minimum atomic E-state index is -0.167. The fraction of sp³-hybridized carbons (Fsp3) is 0.455. The summed E-state index contributed by atoms with van der Waals surface area (Å²) in [6, 6.07) is 6.78. The third-order valence-electron chi connectivity index (χ3n) is 2.40. The van der Waals surface area contributed by atoms with Crippen molar-refractivity contribution in [2.75, 3.05) is 6.54 Å². The molecule has 0 aromatic heterocycles. The van der Waals surface area contributed by atoms with Gasteiger partial charge in [-0.2, -0.15) is 0 Å². The fourth-order valence-electron chi connectivity index (χ4n) is 1.60. The predicted molar refractivity (Wildman–Crippen MR) is 57.9 cm³/mol. The number of rotatable bonds is 5. The van der Waals surface area contributed by atoms with E-state index in [0.29, 0.717) is 5.92 Å². The van der Waals surface area contributed by atoms with Crippen LogP contribution in [0.4, 0.5) is 4.39 Å². The summed E-state index contributed by atoms with van der Waals surface area (Å²) in [4.78, 5) is 2.60. The van der Waals surface area contributed by atoms with Crippen LogP contribution in [0.3, 0.4) is 0 Å². The zero-order valence-electron chi connectivity index (χ0n) is 8.26. The van der Waals surface area contributed by atoms with E-state index in [2.05, 4.69) is 11.8 Å². The minimum absolute atomic E-state index is 0.167. The maximum absolute atomic E-state index is 12.9. The molecule has 0 fully saturated rings. The first-order chi connectivity index (χ1) is 6.77. The van der Waals surface area contributed by atoms with Crippen LogP contribution < -0.4 is 4.84 Å². The summed E-state index contributed by atoms with van der Waals surface area (Å²) in [5.41, 5.74) is 1.06. The second-order valence-corrected chi connectivity index (χ2v) is 3.60. The van der Waals surface area contributed by atoms with Crippen molar-refractivity contribution in [3.05, 3.63) is 35.6 Å². The lowest BCUT2D eigenvalue weighted by Gasteiger charge is -2.14. The monoisotopic (exact) mass is 215 g/mol. The zero-order chi connectivity index (χ0) is 10.4. The van der Waals surface area contributed by atoms with E-state index >= 15 is 0 Å². The van der Waals surface area contributed by atoms with Gasteiger partial charge in [-0.3, -0.25) is 0 Å². The average Bonchev–Trinajstić information content (AvgIpc) is 2.19. The molecule has 0 aliphatic carbocycles. The lowest BCUT2D eigenvalue weighted by molar-refractivity contribution is 0.586. The number of nitrogens with one attached hydrogen (secondary N) is 1. The Morgan fingerprint density at radius 2 is 2.29 bits per heavy atom. The molecule has 1 atom stereocenters. The van der Waals surface area contributed by atoms with Crippen LogP contribution in [0.1, 0.15) is 31.2 Å². The Hall–Kier alpha value is -0.600. The molecule has 14 heavy (non-hydrogen) atoms. The Morgan fingerprint density at radius 1 is 1.50 bits per heavy atom. The molecule has 0 spiro atoms. The van der Waals surface area contributed by atoms with E-state index in [0.717, 1.165) is 24.9 Å². The molecule has 0 saturated carbocycles. The first-order valence-electron chi connectivity index (χ1n) is 4.87. The van der Waals surface area contributed by atoms with E-state index in [-0.39, 0.29) is 5.82 Å². The van der Waals surface area contributed by atoms with Crippen molar-refractivity contribution >= 4 is 11.8 Å². The molecule has 78 valence electrons. The molecule has 0 radical (unpaired) electrons. The van der Waals surface area contributed by atoms with E-state index < -0.39 is 0 Å². The smallest absolute Gasteiger partial charge is 0.123 e. The van der Waals surface area contributed by atoms with Gasteiger partial charge in [0, 0.05) is 6.54 Å². The van der Waals surface area contributed by atoms with Crippen molar-refractivity contribution in [3.8, 4) is 0 Å². The molecule has 0 bridgehead atoms. The van der Waals surface area contributed by atoms with Gasteiger partial charge in [-0.15, -0.1) is 0 Å². The van der Waals surface area contributed by atoms with Gasteiger partial charge in [0.15, 0.2) is 0 Å².